The molecular weight excluding hydrogens is 279 g/mol. The van der Waals surface area contributed by atoms with E-state index in [1.807, 2.05) is 6.07 Å². The first-order chi connectivity index (χ1) is 9.40. The van der Waals surface area contributed by atoms with Gasteiger partial charge in [0.2, 0.25) is 0 Å². The number of terminal acetylenes is 1. The van der Waals surface area contributed by atoms with Gasteiger partial charge in [-0.3, -0.25) is 0 Å². The number of hydrogen-bond donors (Lipinski definition) is 1. The summed E-state index contributed by atoms with van der Waals surface area (Å²) in [6.07, 6.45) is 5.41. The SMILES string of the molecule is C#Cc1cc(CS(=O)(=O)F)c(C)c(N2CCNCC2)c1. The summed E-state index contributed by atoms with van der Waals surface area (Å²) in [7, 11) is -4.57. The van der Waals surface area contributed by atoms with E-state index in [1.54, 1.807) is 13.0 Å². The van der Waals surface area contributed by atoms with Gasteiger partial charge in [-0.15, -0.1) is 10.3 Å². The van der Waals surface area contributed by atoms with E-state index >= 15 is 0 Å². The lowest BCUT2D eigenvalue weighted by atomic mass is 10.0. The van der Waals surface area contributed by atoms with Gasteiger partial charge in [0.15, 0.2) is 0 Å². The van der Waals surface area contributed by atoms with Crippen LogP contribution in [0.15, 0.2) is 12.1 Å². The molecule has 0 radical (unpaired) electrons. The third-order valence-corrected chi connectivity index (χ3v) is 4.10. The predicted octanol–water partition coefficient (Wildman–Crippen LogP) is 1.19. The van der Waals surface area contributed by atoms with Crippen LogP contribution < -0.4 is 10.2 Å². The number of benzene rings is 1. The predicted molar refractivity (Wildman–Crippen MR) is 77.9 cm³/mol. The van der Waals surface area contributed by atoms with Crippen LogP contribution in [0.1, 0.15) is 16.7 Å². The smallest absolute Gasteiger partial charge is 0.306 e. The summed E-state index contributed by atoms with van der Waals surface area (Å²) in [4.78, 5) is 2.14. The van der Waals surface area contributed by atoms with E-state index in [9.17, 15) is 12.3 Å². The Hall–Kier alpha value is -1.58. The lowest BCUT2D eigenvalue weighted by Crippen LogP contribution is -2.43. The number of halogens is 1. The van der Waals surface area contributed by atoms with Gasteiger partial charge < -0.3 is 10.2 Å². The second-order valence-electron chi connectivity index (χ2n) is 4.84. The van der Waals surface area contributed by atoms with Crippen LogP contribution in [0.5, 0.6) is 0 Å². The molecule has 0 aliphatic carbocycles. The van der Waals surface area contributed by atoms with E-state index in [2.05, 4.69) is 16.1 Å². The minimum Gasteiger partial charge on any atom is -0.369 e. The zero-order chi connectivity index (χ0) is 14.8. The van der Waals surface area contributed by atoms with Crippen molar-refractivity contribution in [2.45, 2.75) is 12.7 Å². The Kier molecular flexibility index (Phi) is 4.31. The van der Waals surface area contributed by atoms with Crippen LogP contribution in [0.4, 0.5) is 9.57 Å². The Morgan fingerprint density at radius 2 is 2.05 bits per heavy atom. The van der Waals surface area contributed by atoms with Crippen LogP contribution in [0.25, 0.3) is 0 Å². The molecule has 0 bridgehead atoms. The molecule has 108 valence electrons. The first-order valence-corrected chi connectivity index (χ1v) is 7.94. The molecule has 1 fully saturated rings. The molecule has 1 heterocycles. The lowest BCUT2D eigenvalue weighted by molar-refractivity contribution is 0.551. The van der Waals surface area contributed by atoms with Crippen LogP contribution in [0.2, 0.25) is 0 Å². The van der Waals surface area contributed by atoms with Crippen molar-refractivity contribution in [3.05, 3.63) is 28.8 Å². The molecule has 0 aromatic heterocycles. The Labute approximate surface area is 119 Å². The Morgan fingerprint density at radius 3 is 2.60 bits per heavy atom. The highest BCUT2D eigenvalue weighted by molar-refractivity contribution is 7.85. The fourth-order valence-corrected chi connectivity index (χ4v) is 3.08. The zero-order valence-electron chi connectivity index (χ0n) is 11.3. The zero-order valence-corrected chi connectivity index (χ0v) is 12.1. The second-order valence-corrected chi connectivity index (χ2v) is 6.21. The van der Waals surface area contributed by atoms with Crippen molar-refractivity contribution in [2.24, 2.45) is 0 Å². The lowest BCUT2D eigenvalue weighted by Gasteiger charge is -2.31. The average Bonchev–Trinajstić information content (AvgIpc) is 2.40. The molecule has 1 saturated heterocycles. The van der Waals surface area contributed by atoms with E-state index in [0.717, 1.165) is 37.4 Å². The van der Waals surface area contributed by atoms with Crippen molar-refractivity contribution >= 4 is 15.9 Å². The summed E-state index contributed by atoms with van der Waals surface area (Å²) in [6.45, 7) is 5.15. The highest BCUT2D eigenvalue weighted by atomic mass is 32.3. The molecule has 6 heteroatoms. The molecule has 0 amide bonds. The molecule has 0 saturated carbocycles. The van der Waals surface area contributed by atoms with Crippen LogP contribution in [0.3, 0.4) is 0 Å². The number of nitrogens with zero attached hydrogens (tertiary/aromatic N) is 1. The molecule has 1 aliphatic rings. The molecule has 4 nitrogen and oxygen atoms in total. The number of anilines is 1. The fourth-order valence-electron chi connectivity index (χ4n) is 2.41. The third-order valence-electron chi connectivity index (χ3n) is 3.44. The minimum absolute atomic E-state index is 0.427. The topological polar surface area (TPSA) is 49.4 Å². The Balaban J connectivity index is 2.45. The van der Waals surface area contributed by atoms with E-state index in [1.165, 1.54) is 0 Å². The van der Waals surface area contributed by atoms with Crippen LogP contribution in [0, 0.1) is 19.3 Å². The van der Waals surface area contributed by atoms with Crippen LogP contribution in [-0.2, 0) is 16.0 Å². The Bertz CT molecular complexity index is 644. The molecule has 2 rings (SSSR count). The molecule has 20 heavy (non-hydrogen) atoms. The quantitative estimate of drug-likeness (QED) is 0.672. The monoisotopic (exact) mass is 296 g/mol. The maximum atomic E-state index is 13.0. The van der Waals surface area contributed by atoms with Crippen LogP contribution in [-0.4, -0.2) is 34.6 Å². The van der Waals surface area contributed by atoms with Crippen molar-refractivity contribution in [3.63, 3.8) is 0 Å². The number of piperazine rings is 1. The first-order valence-electron chi connectivity index (χ1n) is 6.39. The van der Waals surface area contributed by atoms with E-state index < -0.39 is 16.0 Å². The van der Waals surface area contributed by atoms with Crippen molar-refractivity contribution < 1.29 is 12.3 Å². The molecule has 0 spiro atoms. The summed E-state index contributed by atoms with van der Waals surface area (Å²) in [6, 6.07) is 3.42. The van der Waals surface area contributed by atoms with Crippen molar-refractivity contribution in [1.82, 2.24) is 5.32 Å². The van der Waals surface area contributed by atoms with Gasteiger partial charge in [-0.2, -0.15) is 8.42 Å². The largest absolute Gasteiger partial charge is 0.369 e. The molecule has 0 atom stereocenters. The van der Waals surface area contributed by atoms with Gasteiger partial charge in [0.05, 0.1) is 0 Å². The van der Waals surface area contributed by atoms with Gasteiger partial charge in [-0.25, -0.2) is 0 Å². The molecular formula is C14H17FN2O2S. The standard InChI is InChI=1S/C14H17FN2O2S/c1-3-12-8-13(10-20(15,18)19)11(2)14(9-12)17-6-4-16-5-7-17/h1,8-9,16H,4-7,10H2,2H3. The third kappa shape index (κ3) is 3.50. The van der Waals surface area contributed by atoms with Gasteiger partial charge in [0.1, 0.15) is 5.75 Å². The normalized spacial score (nSPS) is 15.9. The van der Waals surface area contributed by atoms with Gasteiger partial charge in [-0.1, -0.05) is 5.92 Å². The summed E-state index contributed by atoms with van der Waals surface area (Å²) >= 11 is 0. The number of rotatable bonds is 3. The fraction of sp³-hybridized carbons (Fsp3) is 0.429. The summed E-state index contributed by atoms with van der Waals surface area (Å²) in [5.41, 5.74) is 2.66. The van der Waals surface area contributed by atoms with Crippen molar-refractivity contribution in [2.75, 3.05) is 31.1 Å². The maximum Gasteiger partial charge on any atom is 0.306 e. The summed E-state index contributed by atoms with van der Waals surface area (Å²) < 4.78 is 34.8. The molecule has 1 aromatic rings. The van der Waals surface area contributed by atoms with Crippen LogP contribution >= 0.6 is 0 Å². The highest BCUT2D eigenvalue weighted by Gasteiger charge is 2.18. The first kappa shape index (κ1) is 14.8. The molecule has 1 N–H and O–H groups in total. The molecule has 1 aliphatic heterocycles. The van der Waals surface area contributed by atoms with Crippen molar-refractivity contribution in [3.8, 4) is 12.3 Å². The minimum atomic E-state index is -4.57. The van der Waals surface area contributed by atoms with Crippen molar-refractivity contribution in [1.29, 1.82) is 0 Å². The maximum absolute atomic E-state index is 13.0. The van der Waals surface area contributed by atoms with Gasteiger partial charge in [0.25, 0.3) is 0 Å². The van der Waals surface area contributed by atoms with E-state index in [-0.39, 0.29) is 0 Å². The molecule has 0 unspecified atom stereocenters. The summed E-state index contributed by atoms with van der Waals surface area (Å²) in [5.74, 6) is 1.87. The van der Waals surface area contributed by atoms with Gasteiger partial charge >= 0.3 is 10.2 Å². The number of hydrogen-bond acceptors (Lipinski definition) is 4. The number of nitrogens with one attached hydrogen (secondary N) is 1. The second kappa shape index (κ2) is 5.81. The van der Waals surface area contributed by atoms with Gasteiger partial charge in [-0.05, 0) is 30.2 Å². The summed E-state index contributed by atoms with van der Waals surface area (Å²) in [5, 5.41) is 3.25. The average molecular weight is 296 g/mol. The van der Waals surface area contributed by atoms with E-state index in [4.69, 9.17) is 6.42 Å². The van der Waals surface area contributed by atoms with Gasteiger partial charge in [0, 0.05) is 37.4 Å². The highest BCUT2D eigenvalue weighted by Crippen LogP contribution is 2.27. The van der Waals surface area contributed by atoms with E-state index in [0.29, 0.717) is 11.1 Å². The molecule has 1 aromatic carbocycles. The Morgan fingerprint density at radius 1 is 1.40 bits per heavy atom.